The predicted molar refractivity (Wildman–Crippen MR) is 65.8 cm³/mol. The van der Waals surface area contributed by atoms with Gasteiger partial charge in [-0.15, -0.1) is 0 Å². The number of hydrogen-bond acceptors (Lipinski definition) is 3. The summed E-state index contributed by atoms with van der Waals surface area (Å²) < 4.78 is 6.87. The van der Waals surface area contributed by atoms with E-state index >= 15 is 0 Å². The van der Waals surface area contributed by atoms with E-state index in [1.165, 1.54) is 6.20 Å². The maximum Gasteiger partial charge on any atom is 0.157 e. The second-order valence-electron chi connectivity index (χ2n) is 3.84. The van der Waals surface area contributed by atoms with Crippen molar-refractivity contribution in [1.82, 2.24) is 9.78 Å². The van der Waals surface area contributed by atoms with E-state index in [-0.39, 0.29) is 5.75 Å². The quantitative estimate of drug-likeness (QED) is 0.881. The van der Waals surface area contributed by atoms with Crippen LogP contribution in [0.3, 0.4) is 0 Å². The molecule has 0 aliphatic carbocycles. The number of hydrogen-bond donors (Lipinski definition) is 1. The summed E-state index contributed by atoms with van der Waals surface area (Å²) in [5, 5.41) is 13.9. The molecule has 0 spiro atoms. The number of ether oxygens (including phenoxy) is 1. The van der Waals surface area contributed by atoms with Crippen molar-refractivity contribution in [3.63, 3.8) is 0 Å². The molecule has 4 nitrogen and oxygen atoms in total. The third-order valence-corrected chi connectivity index (χ3v) is 2.65. The van der Waals surface area contributed by atoms with Crippen molar-refractivity contribution in [3.8, 4) is 17.2 Å². The van der Waals surface area contributed by atoms with Crippen molar-refractivity contribution < 1.29 is 9.84 Å². The Morgan fingerprint density at radius 3 is 2.59 bits per heavy atom. The van der Waals surface area contributed by atoms with Gasteiger partial charge in [-0.3, -0.25) is 0 Å². The molecule has 2 aromatic rings. The summed E-state index contributed by atoms with van der Waals surface area (Å²) in [5.74, 6) is 1.06. The lowest BCUT2D eigenvalue weighted by atomic mass is 10.2. The Hall–Kier alpha value is -1.97. The molecule has 0 aliphatic rings. The van der Waals surface area contributed by atoms with Crippen LogP contribution in [-0.2, 0) is 6.42 Å². The molecule has 0 fully saturated rings. The van der Waals surface area contributed by atoms with E-state index in [4.69, 9.17) is 4.74 Å². The maximum absolute atomic E-state index is 9.72. The van der Waals surface area contributed by atoms with Crippen molar-refractivity contribution >= 4 is 0 Å². The average molecular weight is 232 g/mol. The van der Waals surface area contributed by atoms with Gasteiger partial charge >= 0.3 is 0 Å². The number of methoxy groups -OCH3 is 1. The Kier molecular flexibility index (Phi) is 3.32. The molecule has 0 atom stereocenters. The summed E-state index contributed by atoms with van der Waals surface area (Å²) in [6.45, 7) is 2.07. The smallest absolute Gasteiger partial charge is 0.157 e. The summed E-state index contributed by atoms with van der Waals surface area (Å²) in [5.41, 5.74) is 1.77. The highest BCUT2D eigenvalue weighted by atomic mass is 16.5. The molecular formula is C13H16N2O2. The standard InChI is InChI=1S/C13H16N2O2/c1-3-4-12-13(16)9-14-15(12)10-5-7-11(17-2)8-6-10/h5-9,16H,3-4H2,1-2H3. The fourth-order valence-corrected chi connectivity index (χ4v) is 1.78. The lowest BCUT2D eigenvalue weighted by Gasteiger charge is -2.07. The monoisotopic (exact) mass is 232 g/mol. The van der Waals surface area contributed by atoms with Gasteiger partial charge < -0.3 is 9.84 Å². The Bertz CT molecular complexity index is 489. The van der Waals surface area contributed by atoms with E-state index in [2.05, 4.69) is 12.0 Å². The van der Waals surface area contributed by atoms with Crippen molar-refractivity contribution in [1.29, 1.82) is 0 Å². The van der Waals surface area contributed by atoms with Gasteiger partial charge in [0.15, 0.2) is 5.75 Å². The fourth-order valence-electron chi connectivity index (χ4n) is 1.78. The molecule has 0 saturated carbocycles. The first-order valence-electron chi connectivity index (χ1n) is 5.66. The summed E-state index contributed by atoms with van der Waals surface area (Å²) in [4.78, 5) is 0. The fraction of sp³-hybridized carbons (Fsp3) is 0.308. The first-order chi connectivity index (χ1) is 8.26. The van der Waals surface area contributed by atoms with Crippen LogP contribution in [0.25, 0.3) is 5.69 Å². The highest BCUT2D eigenvalue weighted by Gasteiger charge is 2.10. The first-order valence-corrected chi connectivity index (χ1v) is 5.66. The molecule has 1 aromatic carbocycles. The van der Waals surface area contributed by atoms with Crippen molar-refractivity contribution in [2.45, 2.75) is 19.8 Å². The molecular weight excluding hydrogens is 216 g/mol. The van der Waals surface area contributed by atoms with Gasteiger partial charge in [0.25, 0.3) is 0 Å². The number of aromatic nitrogens is 2. The average Bonchev–Trinajstić information content (AvgIpc) is 2.72. The molecule has 0 bridgehead atoms. The molecule has 4 heteroatoms. The second-order valence-corrected chi connectivity index (χ2v) is 3.84. The van der Waals surface area contributed by atoms with Crippen LogP contribution in [0.15, 0.2) is 30.5 Å². The largest absolute Gasteiger partial charge is 0.504 e. The minimum absolute atomic E-state index is 0.252. The third-order valence-electron chi connectivity index (χ3n) is 2.65. The zero-order valence-electron chi connectivity index (χ0n) is 10.1. The molecule has 1 N–H and O–H groups in total. The molecule has 17 heavy (non-hydrogen) atoms. The molecule has 0 amide bonds. The summed E-state index contributed by atoms with van der Waals surface area (Å²) in [6, 6.07) is 7.60. The van der Waals surface area contributed by atoms with E-state index in [9.17, 15) is 5.11 Å². The Morgan fingerprint density at radius 1 is 1.29 bits per heavy atom. The van der Waals surface area contributed by atoms with Crippen LogP contribution in [0.1, 0.15) is 19.0 Å². The summed E-state index contributed by atoms with van der Waals surface area (Å²) >= 11 is 0. The minimum atomic E-state index is 0.252. The van der Waals surface area contributed by atoms with Gasteiger partial charge in [-0.25, -0.2) is 4.68 Å². The van der Waals surface area contributed by atoms with Crippen molar-refractivity contribution in [2.75, 3.05) is 7.11 Å². The number of rotatable bonds is 4. The number of nitrogens with zero attached hydrogens (tertiary/aromatic N) is 2. The van der Waals surface area contributed by atoms with Crippen molar-refractivity contribution in [3.05, 3.63) is 36.2 Å². The Labute approximate surface area is 100 Å². The molecule has 0 saturated heterocycles. The highest BCUT2D eigenvalue weighted by molar-refractivity contribution is 5.40. The second kappa shape index (κ2) is 4.91. The van der Waals surface area contributed by atoms with Gasteiger partial charge in [0.1, 0.15) is 5.75 Å². The van der Waals surface area contributed by atoms with Gasteiger partial charge in [0.05, 0.1) is 24.7 Å². The molecule has 90 valence electrons. The van der Waals surface area contributed by atoms with Crippen LogP contribution in [0.5, 0.6) is 11.5 Å². The molecule has 1 heterocycles. The highest BCUT2D eigenvalue weighted by Crippen LogP contribution is 2.22. The van der Waals surface area contributed by atoms with Crippen LogP contribution in [0.4, 0.5) is 0 Å². The number of aromatic hydroxyl groups is 1. The third kappa shape index (κ3) is 2.25. The van der Waals surface area contributed by atoms with E-state index in [1.54, 1.807) is 11.8 Å². The zero-order chi connectivity index (χ0) is 12.3. The van der Waals surface area contributed by atoms with Crippen LogP contribution < -0.4 is 4.74 Å². The minimum Gasteiger partial charge on any atom is -0.504 e. The van der Waals surface area contributed by atoms with E-state index in [1.807, 2.05) is 24.3 Å². The lowest BCUT2D eigenvalue weighted by Crippen LogP contribution is -2.01. The Morgan fingerprint density at radius 2 is 2.00 bits per heavy atom. The molecule has 0 unspecified atom stereocenters. The van der Waals surface area contributed by atoms with Gasteiger partial charge in [-0.05, 0) is 30.7 Å². The van der Waals surface area contributed by atoms with Crippen LogP contribution in [-0.4, -0.2) is 22.0 Å². The van der Waals surface area contributed by atoms with Crippen LogP contribution >= 0.6 is 0 Å². The molecule has 1 aromatic heterocycles. The van der Waals surface area contributed by atoms with Gasteiger partial charge in [0, 0.05) is 0 Å². The van der Waals surface area contributed by atoms with Gasteiger partial charge in [-0.2, -0.15) is 5.10 Å². The normalized spacial score (nSPS) is 10.5. The number of benzene rings is 1. The molecule has 0 radical (unpaired) electrons. The van der Waals surface area contributed by atoms with Crippen LogP contribution in [0, 0.1) is 0 Å². The van der Waals surface area contributed by atoms with Crippen molar-refractivity contribution in [2.24, 2.45) is 0 Å². The van der Waals surface area contributed by atoms with Gasteiger partial charge in [-0.1, -0.05) is 13.3 Å². The summed E-state index contributed by atoms with van der Waals surface area (Å²) in [7, 11) is 1.64. The first kappa shape index (κ1) is 11.5. The van der Waals surface area contributed by atoms with E-state index in [0.717, 1.165) is 30.0 Å². The maximum atomic E-state index is 9.72. The SMILES string of the molecule is CCCc1c(O)cnn1-c1ccc(OC)cc1. The topological polar surface area (TPSA) is 47.3 Å². The van der Waals surface area contributed by atoms with E-state index < -0.39 is 0 Å². The molecule has 2 rings (SSSR count). The molecule has 0 aliphatic heterocycles. The predicted octanol–water partition coefficient (Wildman–Crippen LogP) is 2.54. The Balaban J connectivity index is 2.38. The van der Waals surface area contributed by atoms with Gasteiger partial charge in [0.2, 0.25) is 0 Å². The lowest BCUT2D eigenvalue weighted by molar-refractivity contribution is 0.414. The van der Waals surface area contributed by atoms with Crippen LogP contribution in [0.2, 0.25) is 0 Å². The van der Waals surface area contributed by atoms with E-state index in [0.29, 0.717) is 0 Å². The zero-order valence-corrected chi connectivity index (χ0v) is 10.1. The summed E-state index contributed by atoms with van der Waals surface area (Å²) in [6.07, 6.45) is 3.25.